The molecule has 0 spiro atoms. The first-order valence-corrected chi connectivity index (χ1v) is 10.7. The molecule has 2 saturated heterocycles. The maximum atomic E-state index is 12.1. The molecular formula is C22H33N3O5. The molecule has 2 fully saturated rings. The monoisotopic (exact) mass is 419 g/mol. The van der Waals surface area contributed by atoms with Gasteiger partial charge in [0.05, 0.1) is 13.2 Å². The van der Waals surface area contributed by atoms with Crippen LogP contribution in [0.3, 0.4) is 0 Å². The number of likely N-dealkylation sites (tertiary alicyclic amines) is 1. The Morgan fingerprint density at radius 1 is 1.07 bits per heavy atom. The molecule has 166 valence electrons. The van der Waals surface area contributed by atoms with Gasteiger partial charge in [-0.25, -0.2) is 4.79 Å². The number of carbonyl (C=O) groups is 2. The van der Waals surface area contributed by atoms with Crippen LogP contribution in [0.4, 0.5) is 4.79 Å². The van der Waals surface area contributed by atoms with Crippen LogP contribution in [0.2, 0.25) is 0 Å². The molecule has 0 saturated carbocycles. The Morgan fingerprint density at radius 2 is 1.77 bits per heavy atom. The molecule has 1 atom stereocenters. The third-order valence-corrected chi connectivity index (χ3v) is 5.84. The number of hydrogen-bond donors (Lipinski definition) is 1. The molecule has 0 bridgehead atoms. The average molecular weight is 420 g/mol. The van der Waals surface area contributed by atoms with E-state index in [4.69, 9.17) is 9.47 Å². The van der Waals surface area contributed by atoms with Gasteiger partial charge in [-0.15, -0.1) is 0 Å². The Bertz CT molecular complexity index is 708. The minimum absolute atomic E-state index is 0.0490. The van der Waals surface area contributed by atoms with E-state index in [0.29, 0.717) is 45.1 Å². The normalized spacial score (nSPS) is 23.7. The first-order chi connectivity index (χ1) is 14.4. The van der Waals surface area contributed by atoms with Crippen molar-refractivity contribution in [1.29, 1.82) is 0 Å². The fourth-order valence-electron chi connectivity index (χ4n) is 4.23. The highest BCUT2D eigenvalue weighted by atomic mass is 16.6. The number of ether oxygens (including phenoxy) is 2. The summed E-state index contributed by atoms with van der Waals surface area (Å²) >= 11 is 0. The molecule has 30 heavy (non-hydrogen) atoms. The summed E-state index contributed by atoms with van der Waals surface area (Å²) in [5, 5.41) is 11.4. The van der Waals surface area contributed by atoms with Crippen molar-refractivity contribution in [2.75, 3.05) is 52.5 Å². The van der Waals surface area contributed by atoms with Crippen LogP contribution in [0.25, 0.3) is 0 Å². The van der Waals surface area contributed by atoms with Crippen LogP contribution >= 0.6 is 0 Å². The van der Waals surface area contributed by atoms with Crippen LogP contribution in [-0.4, -0.2) is 95.9 Å². The Balaban J connectivity index is 1.65. The lowest BCUT2D eigenvalue weighted by Crippen LogP contribution is -2.55. The first-order valence-electron chi connectivity index (χ1n) is 10.7. The standard InChI is InChI=1S/C22H33N3O5/c1-3-29-21(27)23-11-9-19(10-12-23)25-14-13-24(18(2)26)15-22(28,16-25)17-30-20-7-5-4-6-8-20/h4-8,19,28H,3,9-17H2,1-2H3/t22-/m0/s1. The van der Waals surface area contributed by atoms with E-state index in [1.165, 1.54) is 6.92 Å². The van der Waals surface area contributed by atoms with Crippen molar-refractivity contribution < 1.29 is 24.2 Å². The predicted octanol–water partition coefficient (Wildman–Crippen LogP) is 1.58. The average Bonchev–Trinajstić information content (AvgIpc) is 2.93. The maximum absolute atomic E-state index is 12.1. The molecular weight excluding hydrogens is 386 g/mol. The van der Waals surface area contributed by atoms with Crippen LogP contribution < -0.4 is 4.74 Å². The van der Waals surface area contributed by atoms with Crippen molar-refractivity contribution in [2.45, 2.75) is 38.3 Å². The molecule has 1 aromatic rings. The van der Waals surface area contributed by atoms with E-state index in [9.17, 15) is 14.7 Å². The topological polar surface area (TPSA) is 82.6 Å². The van der Waals surface area contributed by atoms with E-state index in [-0.39, 0.29) is 31.2 Å². The molecule has 2 aliphatic heterocycles. The lowest BCUT2D eigenvalue weighted by atomic mass is 9.99. The molecule has 2 heterocycles. The number of rotatable bonds is 5. The summed E-state index contributed by atoms with van der Waals surface area (Å²) in [6.07, 6.45) is 1.37. The van der Waals surface area contributed by atoms with Crippen LogP contribution in [0.15, 0.2) is 30.3 Å². The zero-order valence-electron chi connectivity index (χ0n) is 18.0. The molecule has 0 radical (unpaired) electrons. The Kier molecular flexibility index (Phi) is 7.55. The number of benzene rings is 1. The van der Waals surface area contributed by atoms with Gasteiger partial charge in [-0.2, -0.15) is 0 Å². The zero-order chi connectivity index (χ0) is 21.6. The molecule has 8 nitrogen and oxygen atoms in total. The fraction of sp³-hybridized carbons (Fsp3) is 0.636. The van der Waals surface area contributed by atoms with Crippen molar-refractivity contribution in [3.8, 4) is 5.75 Å². The number of piperidine rings is 1. The van der Waals surface area contributed by atoms with Gasteiger partial charge in [0, 0.05) is 45.7 Å². The second kappa shape index (κ2) is 10.1. The summed E-state index contributed by atoms with van der Waals surface area (Å²) in [5.74, 6) is 0.644. The van der Waals surface area contributed by atoms with Gasteiger partial charge in [0.25, 0.3) is 0 Å². The van der Waals surface area contributed by atoms with Gasteiger partial charge >= 0.3 is 6.09 Å². The quantitative estimate of drug-likeness (QED) is 0.780. The van der Waals surface area contributed by atoms with E-state index in [1.54, 1.807) is 16.7 Å². The van der Waals surface area contributed by atoms with Crippen molar-refractivity contribution >= 4 is 12.0 Å². The molecule has 2 amide bonds. The highest BCUT2D eigenvalue weighted by Gasteiger charge is 2.39. The van der Waals surface area contributed by atoms with Gasteiger partial charge in [-0.05, 0) is 31.9 Å². The second-order valence-corrected chi connectivity index (χ2v) is 8.15. The summed E-state index contributed by atoms with van der Waals surface area (Å²) in [4.78, 5) is 29.7. The number of carbonyl (C=O) groups excluding carboxylic acids is 2. The first kappa shape index (κ1) is 22.4. The molecule has 3 rings (SSSR count). The predicted molar refractivity (Wildman–Crippen MR) is 112 cm³/mol. The SMILES string of the molecule is CCOC(=O)N1CCC(N2CCN(C(C)=O)C[C@@](O)(COc3ccccc3)C2)CC1. The minimum Gasteiger partial charge on any atom is -0.490 e. The van der Waals surface area contributed by atoms with Crippen LogP contribution in [0, 0.1) is 0 Å². The van der Waals surface area contributed by atoms with Crippen LogP contribution in [0.1, 0.15) is 26.7 Å². The smallest absolute Gasteiger partial charge is 0.409 e. The van der Waals surface area contributed by atoms with E-state index in [1.807, 2.05) is 30.3 Å². The number of aliphatic hydroxyl groups is 1. The van der Waals surface area contributed by atoms with Gasteiger partial charge in [-0.3, -0.25) is 9.69 Å². The minimum atomic E-state index is -1.17. The van der Waals surface area contributed by atoms with Gasteiger partial charge in [0.15, 0.2) is 0 Å². The summed E-state index contributed by atoms with van der Waals surface area (Å²) in [7, 11) is 0. The molecule has 0 aromatic heterocycles. The van der Waals surface area contributed by atoms with Gasteiger partial charge < -0.3 is 24.4 Å². The van der Waals surface area contributed by atoms with E-state index in [2.05, 4.69) is 4.90 Å². The van der Waals surface area contributed by atoms with E-state index in [0.717, 1.165) is 12.8 Å². The Hall–Kier alpha value is -2.32. The molecule has 0 unspecified atom stereocenters. The third kappa shape index (κ3) is 5.86. The number of para-hydroxylation sites is 1. The van der Waals surface area contributed by atoms with Crippen molar-refractivity contribution in [3.05, 3.63) is 30.3 Å². The van der Waals surface area contributed by atoms with Gasteiger partial charge in [0.1, 0.15) is 18.0 Å². The maximum Gasteiger partial charge on any atom is 0.409 e. The van der Waals surface area contributed by atoms with Crippen molar-refractivity contribution in [3.63, 3.8) is 0 Å². The Morgan fingerprint density at radius 3 is 2.40 bits per heavy atom. The molecule has 1 aromatic carbocycles. The lowest BCUT2D eigenvalue weighted by Gasteiger charge is -2.40. The summed E-state index contributed by atoms with van der Waals surface area (Å²) in [6, 6.07) is 9.63. The fourth-order valence-corrected chi connectivity index (χ4v) is 4.23. The molecule has 8 heteroatoms. The van der Waals surface area contributed by atoms with Crippen LogP contribution in [0.5, 0.6) is 5.75 Å². The highest BCUT2D eigenvalue weighted by Crippen LogP contribution is 2.24. The van der Waals surface area contributed by atoms with Crippen molar-refractivity contribution in [1.82, 2.24) is 14.7 Å². The summed E-state index contributed by atoms with van der Waals surface area (Å²) < 4.78 is 11.0. The van der Waals surface area contributed by atoms with E-state index >= 15 is 0 Å². The summed E-state index contributed by atoms with van der Waals surface area (Å²) in [5.41, 5.74) is -1.17. The number of nitrogens with zero attached hydrogens (tertiary/aromatic N) is 3. The van der Waals surface area contributed by atoms with Gasteiger partial charge in [0.2, 0.25) is 5.91 Å². The number of β-amino-alcohol motifs (C(OH)–C–C–N with tert-alkyl or cyclic N) is 1. The largest absolute Gasteiger partial charge is 0.490 e. The zero-order valence-corrected chi connectivity index (χ0v) is 18.0. The second-order valence-electron chi connectivity index (χ2n) is 8.15. The van der Waals surface area contributed by atoms with Crippen LogP contribution in [-0.2, 0) is 9.53 Å². The van der Waals surface area contributed by atoms with Gasteiger partial charge in [-0.1, -0.05) is 18.2 Å². The van der Waals surface area contributed by atoms with E-state index < -0.39 is 5.60 Å². The van der Waals surface area contributed by atoms with Crippen molar-refractivity contribution in [2.24, 2.45) is 0 Å². The highest BCUT2D eigenvalue weighted by molar-refractivity contribution is 5.73. The third-order valence-electron chi connectivity index (χ3n) is 5.84. The number of amides is 2. The molecule has 1 N–H and O–H groups in total. The number of hydrogen-bond acceptors (Lipinski definition) is 6. The lowest BCUT2D eigenvalue weighted by molar-refractivity contribution is -0.132. The molecule has 2 aliphatic rings. The Labute approximate surface area is 178 Å². The summed E-state index contributed by atoms with van der Waals surface area (Å²) in [6.45, 7) is 7.02. The molecule has 0 aliphatic carbocycles.